The molecule has 1 aliphatic carbocycles. The second-order valence-corrected chi connectivity index (χ2v) is 11.6. The van der Waals surface area contributed by atoms with Crippen LogP contribution < -0.4 is 20.8 Å². The molecule has 3 aromatic carbocycles. The Hall–Kier alpha value is -5.39. The van der Waals surface area contributed by atoms with Crippen molar-refractivity contribution in [1.82, 2.24) is 16.1 Å². The number of nitrogens with one attached hydrogen (secondary N) is 3. The Bertz CT molecular complexity index is 1520. The minimum Gasteiger partial charge on any atom is -0.482 e. The number of carboxylic acids is 1. The largest absolute Gasteiger partial charge is 0.482 e. The number of hydrogen-bond donors (Lipinski definition) is 4. The van der Waals surface area contributed by atoms with Crippen molar-refractivity contribution in [2.45, 2.75) is 51.2 Å². The normalized spacial score (nSPS) is 12.8. The van der Waals surface area contributed by atoms with E-state index in [1.807, 2.05) is 48.5 Å². The fourth-order valence-electron chi connectivity index (χ4n) is 4.94. The molecule has 3 amide bonds. The van der Waals surface area contributed by atoms with Crippen LogP contribution in [0.1, 0.15) is 49.8 Å². The van der Waals surface area contributed by atoms with Gasteiger partial charge in [0.1, 0.15) is 18.0 Å². The molecule has 4 rings (SSSR count). The maximum absolute atomic E-state index is 12.9. The first kappa shape index (κ1) is 33.5. The third-order valence-corrected chi connectivity index (χ3v) is 6.86. The Labute approximate surface area is 267 Å². The molecular formula is C34H38N4O8. The first-order chi connectivity index (χ1) is 22.0. The number of carbonyl (C=O) groups excluding carboxylic acids is 3. The van der Waals surface area contributed by atoms with E-state index >= 15 is 0 Å². The molecule has 0 aromatic heterocycles. The second-order valence-electron chi connectivity index (χ2n) is 11.6. The predicted octanol–water partition coefficient (Wildman–Crippen LogP) is 4.62. The number of aliphatic carboxylic acids is 1. The Kier molecular flexibility index (Phi) is 11.3. The summed E-state index contributed by atoms with van der Waals surface area (Å²) >= 11 is 0. The molecule has 242 valence electrons. The smallest absolute Gasteiger partial charge is 0.407 e. The average molecular weight is 631 g/mol. The Morgan fingerprint density at radius 2 is 1.57 bits per heavy atom. The first-order valence-electron chi connectivity index (χ1n) is 14.8. The number of carboxylic acid groups (broad SMARTS) is 1. The molecule has 0 spiro atoms. The van der Waals surface area contributed by atoms with E-state index in [0.717, 1.165) is 27.8 Å². The van der Waals surface area contributed by atoms with Gasteiger partial charge < -0.3 is 30.0 Å². The summed E-state index contributed by atoms with van der Waals surface area (Å²) in [7, 11) is 0. The van der Waals surface area contributed by atoms with Crippen LogP contribution in [-0.4, -0.2) is 66.8 Å². The van der Waals surface area contributed by atoms with Crippen molar-refractivity contribution in [3.63, 3.8) is 0 Å². The number of alkyl carbamates (subject to hydrolysis) is 1. The lowest BCUT2D eigenvalue weighted by atomic mass is 9.98. The van der Waals surface area contributed by atoms with Crippen molar-refractivity contribution in [3.8, 4) is 16.9 Å². The second kappa shape index (κ2) is 15.6. The lowest BCUT2D eigenvalue weighted by Crippen LogP contribution is -2.41. The molecule has 4 N–H and O–H groups in total. The van der Waals surface area contributed by atoms with Gasteiger partial charge in [-0.25, -0.2) is 19.8 Å². The Balaban J connectivity index is 1.29. The number of ether oxygens (including phenoxy) is 3. The highest BCUT2D eigenvalue weighted by Crippen LogP contribution is 2.44. The highest BCUT2D eigenvalue weighted by molar-refractivity contribution is 5.83. The standard InChI is InChI=1S/C34H38N4O8/c1-34(2,3)46-31(41)18-23(19-36-38-32(42)35-17-16-22-12-14-24(15-13-22)44-21-30(39)40)37-33(43)45-20-29-27-10-6-4-8-25(27)26-9-5-7-11-28(26)29/h4-15,19,23,29H,16-18,20-21H2,1-3H3,(H,37,43)(H,39,40)(H2,35,38,42)/b36-19+. The Morgan fingerprint density at radius 3 is 2.17 bits per heavy atom. The van der Waals surface area contributed by atoms with Crippen LogP contribution in [0.15, 0.2) is 77.9 Å². The summed E-state index contributed by atoms with van der Waals surface area (Å²) in [5, 5.41) is 17.9. The van der Waals surface area contributed by atoms with Gasteiger partial charge in [-0.2, -0.15) is 5.10 Å². The summed E-state index contributed by atoms with van der Waals surface area (Å²) in [6.45, 7) is 5.16. The summed E-state index contributed by atoms with van der Waals surface area (Å²) in [5.74, 6) is -1.33. The fourth-order valence-corrected chi connectivity index (χ4v) is 4.94. The van der Waals surface area contributed by atoms with E-state index in [1.165, 1.54) is 6.21 Å². The van der Waals surface area contributed by atoms with Crippen LogP contribution in [0.5, 0.6) is 5.75 Å². The zero-order valence-electron chi connectivity index (χ0n) is 25.9. The molecule has 0 fully saturated rings. The van der Waals surface area contributed by atoms with Crippen LogP contribution in [0.25, 0.3) is 11.1 Å². The van der Waals surface area contributed by atoms with Crippen LogP contribution in [0.4, 0.5) is 9.59 Å². The third kappa shape index (κ3) is 10.1. The van der Waals surface area contributed by atoms with E-state index in [-0.39, 0.29) is 25.5 Å². The van der Waals surface area contributed by atoms with Crippen molar-refractivity contribution in [1.29, 1.82) is 0 Å². The van der Waals surface area contributed by atoms with Gasteiger partial charge >= 0.3 is 24.1 Å². The number of amides is 3. The van der Waals surface area contributed by atoms with Gasteiger partial charge in [0.2, 0.25) is 0 Å². The van der Waals surface area contributed by atoms with Gasteiger partial charge in [-0.15, -0.1) is 0 Å². The monoisotopic (exact) mass is 630 g/mol. The average Bonchev–Trinajstić information content (AvgIpc) is 3.32. The lowest BCUT2D eigenvalue weighted by Gasteiger charge is -2.21. The van der Waals surface area contributed by atoms with Crippen molar-refractivity contribution in [2.75, 3.05) is 19.8 Å². The van der Waals surface area contributed by atoms with Gasteiger partial charge in [-0.3, -0.25) is 4.79 Å². The van der Waals surface area contributed by atoms with Crippen molar-refractivity contribution in [3.05, 3.63) is 89.5 Å². The molecule has 0 saturated heterocycles. The van der Waals surface area contributed by atoms with Crippen LogP contribution in [0, 0.1) is 0 Å². The number of rotatable bonds is 13. The fraction of sp³-hybridized carbons (Fsp3) is 0.324. The first-order valence-corrected chi connectivity index (χ1v) is 14.8. The molecule has 0 saturated carbocycles. The van der Waals surface area contributed by atoms with Gasteiger partial charge in [0.15, 0.2) is 6.61 Å². The summed E-state index contributed by atoms with van der Waals surface area (Å²) in [6, 6.07) is 21.3. The van der Waals surface area contributed by atoms with Crippen LogP contribution in [0.2, 0.25) is 0 Å². The van der Waals surface area contributed by atoms with E-state index in [2.05, 4.69) is 21.2 Å². The SMILES string of the molecule is CC(C)(C)OC(=O)CC(/C=N/NC(=O)NCCc1ccc(OCC(=O)O)cc1)NC(=O)OCC1c2ccccc2-c2ccccc21. The molecular weight excluding hydrogens is 592 g/mol. The van der Waals surface area contributed by atoms with Crippen molar-refractivity contribution >= 4 is 30.3 Å². The number of urea groups is 1. The van der Waals surface area contributed by atoms with Gasteiger partial charge in [-0.05, 0) is 67.1 Å². The number of benzene rings is 3. The number of esters is 1. The van der Waals surface area contributed by atoms with Crippen LogP contribution in [0.3, 0.4) is 0 Å². The molecule has 1 aliphatic rings. The third-order valence-electron chi connectivity index (χ3n) is 6.86. The van der Waals surface area contributed by atoms with Gasteiger partial charge in [0.25, 0.3) is 0 Å². The summed E-state index contributed by atoms with van der Waals surface area (Å²) in [6.07, 6.45) is 0.757. The molecule has 12 nitrogen and oxygen atoms in total. The highest BCUT2D eigenvalue weighted by Gasteiger charge is 2.29. The summed E-state index contributed by atoms with van der Waals surface area (Å²) < 4.78 is 16.1. The quantitative estimate of drug-likeness (QED) is 0.121. The molecule has 12 heteroatoms. The zero-order chi connectivity index (χ0) is 33.1. The van der Waals surface area contributed by atoms with E-state index in [4.69, 9.17) is 19.3 Å². The number of hydrogen-bond acceptors (Lipinski definition) is 8. The minimum atomic E-state index is -1.06. The maximum atomic E-state index is 12.9. The van der Waals surface area contributed by atoms with Gasteiger partial charge in [0, 0.05) is 18.7 Å². The van der Waals surface area contributed by atoms with E-state index in [0.29, 0.717) is 12.2 Å². The van der Waals surface area contributed by atoms with E-state index in [9.17, 15) is 19.2 Å². The van der Waals surface area contributed by atoms with E-state index in [1.54, 1.807) is 45.0 Å². The molecule has 3 aromatic rings. The number of carbonyl (C=O) groups is 4. The molecule has 46 heavy (non-hydrogen) atoms. The van der Waals surface area contributed by atoms with Crippen molar-refractivity contribution < 1.29 is 38.5 Å². The molecule has 0 aliphatic heterocycles. The summed E-state index contributed by atoms with van der Waals surface area (Å²) in [5.41, 5.74) is 6.85. The Morgan fingerprint density at radius 1 is 0.935 bits per heavy atom. The van der Waals surface area contributed by atoms with Gasteiger partial charge in [0.05, 0.1) is 12.5 Å². The van der Waals surface area contributed by atoms with Crippen LogP contribution >= 0.6 is 0 Å². The zero-order valence-corrected chi connectivity index (χ0v) is 25.9. The van der Waals surface area contributed by atoms with Crippen molar-refractivity contribution in [2.24, 2.45) is 5.10 Å². The van der Waals surface area contributed by atoms with E-state index < -0.39 is 42.3 Å². The summed E-state index contributed by atoms with van der Waals surface area (Å²) in [4.78, 5) is 48.3. The molecule has 1 unspecified atom stereocenters. The lowest BCUT2D eigenvalue weighted by molar-refractivity contribution is -0.155. The number of nitrogens with zero attached hydrogens (tertiary/aromatic N) is 1. The minimum absolute atomic E-state index is 0.0922. The molecule has 0 heterocycles. The molecule has 1 atom stereocenters. The molecule has 0 bridgehead atoms. The predicted molar refractivity (Wildman–Crippen MR) is 171 cm³/mol. The molecule has 0 radical (unpaired) electrons. The maximum Gasteiger partial charge on any atom is 0.407 e. The topological polar surface area (TPSA) is 165 Å². The highest BCUT2D eigenvalue weighted by atomic mass is 16.6. The number of fused-ring (bicyclic) bond motifs is 3. The number of hydrazone groups is 1. The van der Waals surface area contributed by atoms with Gasteiger partial charge in [-0.1, -0.05) is 60.7 Å². The van der Waals surface area contributed by atoms with Crippen LogP contribution in [-0.2, 0) is 25.5 Å².